The quantitative estimate of drug-likeness (QED) is 0.720. The van der Waals surface area contributed by atoms with Gasteiger partial charge >= 0.3 is 0 Å². The first-order chi connectivity index (χ1) is 8.79. The number of methoxy groups -OCH3 is 1. The van der Waals surface area contributed by atoms with E-state index in [4.69, 9.17) is 4.74 Å². The molecular weight excluding hydrogens is 220 g/mol. The summed E-state index contributed by atoms with van der Waals surface area (Å²) in [5.74, 6) is 7.55. The second kappa shape index (κ2) is 5.93. The van der Waals surface area contributed by atoms with Crippen LogP contribution in [0.5, 0.6) is 5.75 Å². The van der Waals surface area contributed by atoms with Gasteiger partial charge in [-0.05, 0) is 36.8 Å². The van der Waals surface area contributed by atoms with Crippen LogP contribution in [0.1, 0.15) is 24.0 Å². The number of ether oxygens (including phenoxy) is 1. The molecule has 1 atom stereocenters. The van der Waals surface area contributed by atoms with Gasteiger partial charge in [0.15, 0.2) is 0 Å². The summed E-state index contributed by atoms with van der Waals surface area (Å²) in [6.07, 6.45) is 0. The van der Waals surface area contributed by atoms with Crippen LogP contribution in [0.2, 0.25) is 0 Å². The van der Waals surface area contributed by atoms with Gasteiger partial charge in [0.1, 0.15) is 5.75 Å². The van der Waals surface area contributed by atoms with Crippen molar-refractivity contribution in [1.29, 1.82) is 0 Å². The van der Waals surface area contributed by atoms with E-state index in [1.165, 1.54) is 5.56 Å². The van der Waals surface area contributed by atoms with Gasteiger partial charge in [0.2, 0.25) is 0 Å². The molecule has 18 heavy (non-hydrogen) atoms. The predicted octanol–water partition coefficient (Wildman–Crippen LogP) is 3.85. The van der Waals surface area contributed by atoms with Gasteiger partial charge in [0, 0.05) is 11.5 Å². The van der Waals surface area contributed by atoms with Crippen LogP contribution in [0.3, 0.4) is 0 Å². The monoisotopic (exact) mass is 236 g/mol. The fourth-order valence-electron chi connectivity index (χ4n) is 1.69. The van der Waals surface area contributed by atoms with Crippen LogP contribution in [-0.2, 0) is 0 Å². The number of hydrogen-bond donors (Lipinski definition) is 0. The average Bonchev–Trinajstić information content (AvgIpc) is 2.46. The van der Waals surface area contributed by atoms with Crippen molar-refractivity contribution in [3.63, 3.8) is 0 Å². The molecule has 0 saturated carbocycles. The van der Waals surface area contributed by atoms with Gasteiger partial charge in [0.05, 0.1) is 7.11 Å². The molecule has 2 aromatic carbocycles. The number of benzene rings is 2. The standard InChI is InChI=1S/C17H16O/c1-14(8-9-15-6-4-3-5-7-15)16-10-12-17(18-2)13-11-16/h3-7,10-14H,1-2H3. The molecule has 0 bridgehead atoms. The first-order valence-corrected chi connectivity index (χ1v) is 6.00. The van der Waals surface area contributed by atoms with E-state index in [-0.39, 0.29) is 5.92 Å². The van der Waals surface area contributed by atoms with Gasteiger partial charge in [-0.1, -0.05) is 42.2 Å². The highest BCUT2D eigenvalue weighted by molar-refractivity contribution is 5.38. The Labute approximate surface area is 108 Å². The van der Waals surface area contributed by atoms with Crippen molar-refractivity contribution in [3.8, 4) is 17.6 Å². The molecule has 1 unspecified atom stereocenters. The second-order valence-corrected chi connectivity index (χ2v) is 4.13. The van der Waals surface area contributed by atoms with Crippen molar-refractivity contribution >= 4 is 0 Å². The second-order valence-electron chi connectivity index (χ2n) is 4.13. The SMILES string of the molecule is COc1ccc(C(C)C#Cc2ccccc2)cc1. The fourth-order valence-corrected chi connectivity index (χ4v) is 1.69. The predicted molar refractivity (Wildman–Crippen MR) is 74.7 cm³/mol. The molecule has 1 heteroatoms. The van der Waals surface area contributed by atoms with Crippen molar-refractivity contribution in [1.82, 2.24) is 0 Å². The molecule has 0 aliphatic carbocycles. The average molecular weight is 236 g/mol. The summed E-state index contributed by atoms with van der Waals surface area (Å²) in [4.78, 5) is 0. The molecule has 0 fully saturated rings. The molecule has 0 saturated heterocycles. The molecule has 0 aromatic heterocycles. The minimum Gasteiger partial charge on any atom is -0.497 e. The molecule has 2 rings (SSSR count). The van der Waals surface area contributed by atoms with Gasteiger partial charge in [-0.2, -0.15) is 0 Å². The van der Waals surface area contributed by atoms with Crippen molar-refractivity contribution < 1.29 is 4.74 Å². The van der Waals surface area contributed by atoms with Gasteiger partial charge < -0.3 is 4.74 Å². The van der Waals surface area contributed by atoms with E-state index in [2.05, 4.69) is 30.9 Å². The first-order valence-electron chi connectivity index (χ1n) is 6.00. The van der Waals surface area contributed by atoms with Crippen molar-refractivity contribution in [3.05, 3.63) is 65.7 Å². The third kappa shape index (κ3) is 3.15. The summed E-state index contributed by atoms with van der Waals surface area (Å²) in [5, 5.41) is 0. The van der Waals surface area contributed by atoms with Gasteiger partial charge in [-0.3, -0.25) is 0 Å². The lowest BCUT2D eigenvalue weighted by Gasteiger charge is -2.05. The summed E-state index contributed by atoms with van der Waals surface area (Å²) < 4.78 is 5.14. The Balaban J connectivity index is 2.12. The maximum Gasteiger partial charge on any atom is 0.118 e. The topological polar surface area (TPSA) is 9.23 Å². The Hall–Kier alpha value is -2.20. The van der Waals surface area contributed by atoms with Crippen molar-refractivity contribution in [2.75, 3.05) is 7.11 Å². The first kappa shape index (κ1) is 12.3. The van der Waals surface area contributed by atoms with E-state index in [0.29, 0.717) is 0 Å². The van der Waals surface area contributed by atoms with Gasteiger partial charge in [0.25, 0.3) is 0 Å². The van der Waals surface area contributed by atoms with Crippen molar-refractivity contribution in [2.45, 2.75) is 12.8 Å². The molecule has 0 N–H and O–H groups in total. The van der Waals surface area contributed by atoms with E-state index in [0.717, 1.165) is 11.3 Å². The smallest absolute Gasteiger partial charge is 0.118 e. The van der Waals surface area contributed by atoms with Gasteiger partial charge in [-0.25, -0.2) is 0 Å². The third-order valence-electron chi connectivity index (χ3n) is 2.82. The lowest BCUT2D eigenvalue weighted by Crippen LogP contribution is -1.90. The van der Waals surface area contributed by atoms with Crippen LogP contribution in [0.15, 0.2) is 54.6 Å². The van der Waals surface area contributed by atoms with E-state index < -0.39 is 0 Å². The summed E-state index contributed by atoms with van der Waals surface area (Å²) in [5.41, 5.74) is 2.26. The number of hydrogen-bond acceptors (Lipinski definition) is 1. The Kier molecular flexibility index (Phi) is 4.04. The molecule has 0 aliphatic heterocycles. The van der Waals surface area contributed by atoms with Crippen LogP contribution in [-0.4, -0.2) is 7.11 Å². The largest absolute Gasteiger partial charge is 0.497 e. The van der Waals surface area contributed by atoms with Crippen molar-refractivity contribution in [2.24, 2.45) is 0 Å². The molecule has 0 heterocycles. The van der Waals surface area contributed by atoms with E-state index in [1.54, 1.807) is 7.11 Å². The highest BCUT2D eigenvalue weighted by Gasteiger charge is 2.01. The summed E-state index contributed by atoms with van der Waals surface area (Å²) in [7, 11) is 1.67. The maximum absolute atomic E-state index is 5.14. The highest BCUT2D eigenvalue weighted by Crippen LogP contribution is 2.18. The van der Waals surface area contributed by atoms with Gasteiger partial charge in [-0.15, -0.1) is 0 Å². The molecule has 0 amide bonds. The summed E-state index contributed by atoms with van der Waals surface area (Å²) >= 11 is 0. The minimum absolute atomic E-state index is 0.219. The zero-order valence-electron chi connectivity index (χ0n) is 10.7. The van der Waals surface area contributed by atoms with Crippen LogP contribution in [0.25, 0.3) is 0 Å². The minimum atomic E-state index is 0.219. The summed E-state index contributed by atoms with van der Waals surface area (Å²) in [6.45, 7) is 2.11. The molecule has 0 spiro atoms. The highest BCUT2D eigenvalue weighted by atomic mass is 16.5. The Morgan fingerprint density at radius 2 is 1.61 bits per heavy atom. The molecule has 0 radical (unpaired) electrons. The van der Waals surface area contributed by atoms with E-state index >= 15 is 0 Å². The number of rotatable bonds is 2. The Morgan fingerprint density at radius 1 is 0.944 bits per heavy atom. The Morgan fingerprint density at radius 3 is 2.22 bits per heavy atom. The van der Waals surface area contributed by atoms with E-state index in [1.807, 2.05) is 42.5 Å². The lowest BCUT2D eigenvalue weighted by molar-refractivity contribution is 0.414. The molecular formula is C17H16O. The third-order valence-corrected chi connectivity index (χ3v) is 2.82. The molecule has 2 aromatic rings. The molecule has 90 valence electrons. The molecule has 1 nitrogen and oxygen atoms in total. The van der Waals surface area contributed by atoms with Crippen LogP contribution in [0.4, 0.5) is 0 Å². The summed E-state index contributed by atoms with van der Waals surface area (Å²) in [6, 6.07) is 18.1. The maximum atomic E-state index is 5.14. The van der Waals surface area contributed by atoms with E-state index in [9.17, 15) is 0 Å². The fraction of sp³-hybridized carbons (Fsp3) is 0.176. The van der Waals surface area contributed by atoms with Crippen LogP contribution < -0.4 is 4.74 Å². The zero-order chi connectivity index (χ0) is 12.8. The van der Waals surface area contributed by atoms with Crippen LogP contribution in [0, 0.1) is 11.8 Å². The Bertz CT molecular complexity index is 544. The lowest BCUT2D eigenvalue weighted by atomic mass is 10.0. The zero-order valence-corrected chi connectivity index (χ0v) is 10.7. The molecule has 0 aliphatic rings. The van der Waals surface area contributed by atoms with Crippen LogP contribution >= 0.6 is 0 Å². The normalized spacial score (nSPS) is 11.2.